The Morgan fingerprint density at radius 1 is 0.784 bits per heavy atom. The molecule has 3 rings (SSSR count). The monoisotopic (exact) mass is 521 g/mol. The fraction of sp³-hybridized carbons (Fsp3) is 0.355. The SMILES string of the molecule is CCC(C)(C)C(=O)OCC(O)COC(=O)CCC[P+](c1ccccc1)(c1ccccc1)c1ccccc1. The van der Waals surface area contributed by atoms with Crippen LogP contribution in [0.25, 0.3) is 0 Å². The summed E-state index contributed by atoms with van der Waals surface area (Å²) in [5.74, 6) is -0.741. The third-order valence-corrected chi connectivity index (χ3v) is 11.3. The number of aliphatic hydroxyl groups is 1. The van der Waals surface area contributed by atoms with Crippen LogP contribution >= 0.6 is 7.26 Å². The minimum Gasteiger partial charge on any atom is -0.463 e. The van der Waals surface area contributed by atoms with Crippen LogP contribution in [-0.4, -0.2) is 42.5 Å². The summed E-state index contributed by atoms with van der Waals surface area (Å²) in [5, 5.41) is 14.0. The molecule has 5 nitrogen and oxygen atoms in total. The predicted octanol–water partition coefficient (Wildman–Crippen LogP) is 4.64. The van der Waals surface area contributed by atoms with Gasteiger partial charge in [0.05, 0.1) is 11.6 Å². The average Bonchev–Trinajstić information content (AvgIpc) is 2.94. The van der Waals surface area contributed by atoms with E-state index in [9.17, 15) is 14.7 Å². The zero-order valence-electron chi connectivity index (χ0n) is 22.0. The zero-order chi connectivity index (χ0) is 26.7. The average molecular weight is 522 g/mol. The van der Waals surface area contributed by atoms with Crippen molar-refractivity contribution in [3.8, 4) is 0 Å². The number of aliphatic hydroxyl groups excluding tert-OH is 1. The molecule has 37 heavy (non-hydrogen) atoms. The Hall–Kier alpha value is -3.01. The molecule has 1 unspecified atom stereocenters. The number of benzene rings is 3. The first-order valence-electron chi connectivity index (χ1n) is 12.9. The van der Waals surface area contributed by atoms with Crippen molar-refractivity contribution in [2.45, 2.75) is 46.1 Å². The van der Waals surface area contributed by atoms with E-state index in [4.69, 9.17) is 9.47 Å². The predicted molar refractivity (Wildman–Crippen MR) is 151 cm³/mol. The van der Waals surface area contributed by atoms with Gasteiger partial charge in [-0.1, -0.05) is 61.5 Å². The Bertz CT molecular complexity index is 1020. The van der Waals surface area contributed by atoms with E-state index < -0.39 is 18.8 Å². The quantitative estimate of drug-likeness (QED) is 0.262. The molecule has 0 aromatic heterocycles. The number of esters is 2. The molecule has 0 heterocycles. The van der Waals surface area contributed by atoms with Gasteiger partial charge in [0.1, 0.15) is 42.5 Å². The molecule has 0 bridgehead atoms. The van der Waals surface area contributed by atoms with E-state index in [0.29, 0.717) is 12.8 Å². The Morgan fingerprint density at radius 2 is 1.22 bits per heavy atom. The van der Waals surface area contributed by atoms with Gasteiger partial charge in [-0.25, -0.2) is 0 Å². The van der Waals surface area contributed by atoms with Gasteiger partial charge in [0.25, 0.3) is 0 Å². The van der Waals surface area contributed by atoms with E-state index in [2.05, 4.69) is 72.8 Å². The Labute approximate surface area is 221 Å². The standard InChI is InChI=1S/C31H38O5P/c1-4-31(2,3)30(34)36-24-25(32)23-35-29(33)21-14-22-37(26-15-8-5-9-16-26,27-17-10-6-11-18-27)28-19-12-7-13-20-28/h5-13,15-20,25,32H,4,14,21-24H2,1-3H3/q+1. The molecule has 6 heteroatoms. The van der Waals surface area contributed by atoms with Crippen LogP contribution in [0, 0.1) is 5.41 Å². The molecule has 1 N–H and O–H groups in total. The molecule has 0 amide bonds. The smallest absolute Gasteiger partial charge is 0.311 e. The molecule has 0 spiro atoms. The summed E-state index contributed by atoms with van der Waals surface area (Å²) in [5.41, 5.74) is -0.609. The summed E-state index contributed by atoms with van der Waals surface area (Å²) in [4.78, 5) is 24.6. The highest BCUT2D eigenvalue weighted by atomic mass is 31.2. The second-order valence-corrected chi connectivity index (χ2v) is 13.4. The van der Waals surface area contributed by atoms with E-state index in [1.807, 2.05) is 25.1 Å². The van der Waals surface area contributed by atoms with E-state index in [1.165, 1.54) is 15.9 Å². The largest absolute Gasteiger partial charge is 0.463 e. The molecule has 1 atom stereocenters. The van der Waals surface area contributed by atoms with Crippen LogP contribution in [0.2, 0.25) is 0 Å². The first-order chi connectivity index (χ1) is 17.8. The highest BCUT2D eigenvalue weighted by Crippen LogP contribution is 2.55. The summed E-state index contributed by atoms with van der Waals surface area (Å²) >= 11 is 0. The summed E-state index contributed by atoms with van der Waals surface area (Å²) < 4.78 is 10.5. The van der Waals surface area contributed by atoms with Gasteiger partial charge in [-0.15, -0.1) is 0 Å². The van der Waals surface area contributed by atoms with Crippen molar-refractivity contribution in [3.05, 3.63) is 91.0 Å². The lowest BCUT2D eigenvalue weighted by molar-refractivity contribution is -0.159. The van der Waals surface area contributed by atoms with Crippen molar-refractivity contribution in [2.75, 3.05) is 19.4 Å². The number of carbonyl (C=O) groups is 2. The molecule has 3 aromatic rings. The van der Waals surface area contributed by atoms with Gasteiger partial charge < -0.3 is 14.6 Å². The van der Waals surface area contributed by atoms with Crippen molar-refractivity contribution in [3.63, 3.8) is 0 Å². The van der Waals surface area contributed by atoms with Gasteiger partial charge in [-0.3, -0.25) is 9.59 Å². The van der Waals surface area contributed by atoms with Crippen molar-refractivity contribution in [2.24, 2.45) is 5.41 Å². The second-order valence-electron chi connectivity index (χ2n) is 9.82. The van der Waals surface area contributed by atoms with Crippen molar-refractivity contribution in [1.29, 1.82) is 0 Å². The van der Waals surface area contributed by atoms with E-state index in [1.54, 1.807) is 13.8 Å². The summed E-state index contributed by atoms with van der Waals surface area (Å²) in [6.07, 6.45) is 1.28. The highest BCUT2D eigenvalue weighted by Gasteiger charge is 2.44. The van der Waals surface area contributed by atoms with Crippen LogP contribution < -0.4 is 15.9 Å². The highest BCUT2D eigenvalue weighted by molar-refractivity contribution is 7.95. The van der Waals surface area contributed by atoms with E-state index in [-0.39, 0.29) is 31.6 Å². The molecule has 0 aliphatic heterocycles. The van der Waals surface area contributed by atoms with Crippen LogP contribution in [0.4, 0.5) is 0 Å². The topological polar surface area (TPSA) is 72.8 Å². The Balaban J connectivity index is 1.66. The number of hydrogen-bond acceptors (Lipinski definition) is 5. The van der Waals surface area contributed by atoms with E-state index >= 15 is 0 Å². The normalized spacial score (nSPS) is 12.5. The first-order valence-corrected chi connectivity index (χ1v) is 14.8. The van der Waals surface area contributed by atoms with Crippen LogP contribution in [0.5, 0.6) is 0 Å². The maximum Gasteiger partial charge on any atom is 0.311 e. The lowest BCUT2D eigenvalue weighted by atomic mass is 9.91. The van der Waals surface area contributed by atoms with Crippen LogP contribution in [-0.2, 0) is 19.1 Å². The Morgan fingerprint density at radius 3 is 1.65 bits per heavy atom. The Kier molecular flexibility index (Phi) is 10.4. The summed E-state index contributed by atoms with van der Waals surface area (Å²) in [7, 11) is -2.00. The fourth-order valence-corrected chi connectivity index (χ4v) is 8.51. The molecule has 3 aromatic carbocycles. The summed E-state index contributed by atoms with van der Waals surface area (Å²) in [6, 6.07) is 31.6. The van der Waals surface area contributed by atoms with Crippen molar-refractivity contribution >= 4 is 35.1 Å². The maximum absolute atomic E-state index is 12.6. The van der Waals surface area contributed by atoms with Gasteiger partial charge in [0.15, 0.2) is 0 Å². The third kappa shape index (κ3) is 7.50. The fourth-order valence-electron chi connectivity index (χ4n) is 4.16. The van der Waals surface area contributed by atoms with Gasteiger partial charge in [-0.2, -0.15) is 0 Å². The van der Waals surface area contributed by atoms with Crippen LogP contribution in [0.1, 0.15) is 40.0 Å². The van der Waals surface area contributed by atoms with Gasteiger partial charge in [0, 0.05) is 6.42 Å². The minimum atomic E-state index is -2.00. The second kappa shape index (κ2) is 13.5. The van der Waals surface area contributed by atoms with Crippen LogP contribution in [0.3, 0.4) is 0 Å². The van der Waals surface area contributed by atoms with Crippen molar-refractivity contribution < 1.29 is 24.2 Å². The molecule has 196 valence electrons. The molecule has 0 saturated heterocycles. The lowest BCUT2D eigenvalue weighted by Crippen LogP contribution is -2.33. The molecular weight excluding hydrogens is 483 g/mol. The van der Waals surface area contributed by atoms with Gasteiger partial charge in [-0.05, 0) is 63.1 Å². The minimum absolute atomic E-state index is 0.194. The molecule has 0 aliphatic rings. The number of ether oxygens (including phenoxy) is 2. The molecule has 0 fully saturated rings. The van der Waals surface area contributed by atoms with Gasteiger partial charge >= 0.3 is 11.9 Å². The van der Waals surface area contributed by atoms with Gasteiger partial charge in [0.2, 0.25) is 0 Å². The zero-order valence-corrected chi connectivity index (χ0v) is 22.9. The molecule has 0 saturated carbocycles. The van der Waals surface area contributed by atoms with E-state index in [0.717, 1.165) is 6.16 Å². The van der Waals surface area contributed by atoms with Crippen molar-refractivity contribution in [1.82, 2.24) is 0 Å². The number of hydrogen-bond donors (Lipinski definition) is 1. The van der Waals surface area contributed by atoms with Crippen LogP contribution in [0.15, 0.2) is 91.0 Å². The number of rotatable bonds is 13. The third-order valence-electron chi connectivity index (χ3n) is 6.75. The maximum atomic E-state index is 12.6. The molecule has 0 aliphatic carbocycles. The summed E-state index contributed by atoms with van der Waals surface area (Å²) in [6.45, 7) is 5.11. The number of carbonyl (C=O) groups excluding carboxylic acids is 2. The first kappa shape index (κ1) is 28.6. The lowest BCUT2D eigenvalue weighted by Gasteiger charge is -2.27. The molecular formula is C31H38O5P+. The molecule has 0 radical (unpaired) electrons.